The van der Waals surface area contributed by atoms with E-state index in [4.69, 9.17) is 0 Å². The van der Waals surface area contributed by atoms with Gasteiger partial charge in [0.2, 0.25) is 5.52 Å². The van der Waals surface area contributed by atoms with Crippen LogP contribution < -0.4 is 4.90 Å². The minimum Gasteiger partial charge on any atom is -0.480 e. The van der Waals surface area contributed by atoms with Gasteiger partial charge in [-0.15, -0.1) is 0 Å². The topological polar surface area (TPSA) is 123 Å². The summed E-state index contributed by atoms with van der Waals surface area (Å²) in [5.74, 6) is -0.942. The minimum absolute atomic E-state index is 0.0251. The Morgan fingerprint density at radius 2 is 2.19 bits per heavy atom. The molecule has 0 bridgehead atoms. The first-order valence-corrected chi connectivity index (χ1v) is 6.36. The second kappa shape index (κ2) is 4.40. The summed E-state index contributed by atoms with van der Waals surface area (Å²) < 4.78 is 4.61. The Labute approximate surface area is 118 Å². The van der Waals surface area contributed by atoms with Crippen LogP contribution >= 0.6 is 0 Å². The summed E-state index contributed by atoms with van der Waals surface area (Å²) in [4.78, 5) is 23.6. The lowest BCUT2D eigenvalue weighted by atomic mass is 9.98. The van der Waals surface area contributed by atoms with Gasteiger partial charge in [-0.3, -0.25) is 10.1 Å². The van der Waals surface area contributed by atoms with E-state index >= 15 is 0 Å². The molecule has 1 saturated heterocycles. The molecule has 9 nitrogen and oxygen atoms in total. The molecule has 21 heavy (non-hydrogen) atoms. The Kier molecular flexibility index (Phi) is 2.78. The largest absolute Gasteiger partial charge is 0.480 e. The summed E-state index contributed by atoms with van der Waals surface area (Å²) in [6, 6.07) is 2.79. The minimum atomic E-state index is -1.07. The number of nitro benzene ring substituents is 1. The molecule has 1 aromatic carbocycles. The predicted octanol–water partition coefficient (Wildman–Crippen LogP) is 1.57. The normalized spacial score (nSPS) is 21.9. The van der Waals surface area contributed by atoms with E-state index in [2.05, 4.69) is 14.9 Å². The van der Waals surface area contributed by atoms with Crippen LogP contribution in [0.5, 0.6) is 0 Å². The highest BCUT2D eigenvalue weighted by Crippen LogP contribution is 2.39. The van der Waals surface area contributed by atoms with Crippen LogP contribution in [0.3, 0.4) is 0 Å². The van der Waals surface area contributed by atoms with Crippen LogP contribution in [0, 0.1) is 10.1 Å². The average Bonchev–Trinajstić information content (AvgIpc) is 3.04. The molecule has 0 aliphatic carbocycles. The number of benzene rings is 1. The Hall–Kier alpha value is -2.71. The summed E-state index contributed by atoms with van der Waals surface area (Å²) in [5, 5.41) is 27.7. The molecule has 1 aliphatic heterocycles. The molecular formula is C12H12N4O5. The van der Waals surface area contributed by atoms with E-state index in [0.29, 0.717) is 25.1 Å². The lowest BCUT2D eigenvalue weighted by Crippen LogP contribution is -2.48. The third-order valence-corrected chi connectivity index (χ3v) is 3.96. The van der Waals surface area contributed by atoms with Crippen molar-refractivity contribution >= 4 is 28.4 Å². The molecule has 1 aliphatic rings. The van der Waals surface area contributed by atoms with E-state index in [1.807, 2.05) is 0 Å². The van der Waals surface area contributed by atoms with Gasteiger partial charge in [0.05, 0.1) is 10.6 Å². The quantitative estimate of drug-likeness (QED) is 0.668. The van der Waals surface area contributed by atoms with E-state index in [0.717, 1.165) is 0 Å². The van der Waals surface area contributed by atoms with Crippen molar-refractivity contribution < 1.29 is 19.5 Å². The number of nitrogens with zero attached hydrogens (tertiary/aromatic N) is 4. The summed E-state index contributed by atoms with van der Waals surface area (Å²) in [6.45, 7) is 2.16. The van der Waals surface area contributed by atoms with Crippen molar-refractivity contribution in [1.29, 1.82) is 0 Å². The molecule has 2 heterocycles. The van der Waals surface area contributed by atoms with Crippen molar-refractivity contribution in [1.82, 2.24) is 10.3 Å². The van der Waals surface area contributed by atoms with E-state index in [-0.39, 0.29) is 16.7 Å². The number of fused-ring (bicyclic) bond motifs is 1. The average molecular weight is 292 g/mol. The zero-order valence-corrected chi connectivity index (χ0v) is 11.1. The van der Waals surface area contributed by atoms with Gasteiger partial charge in [0, 0.05) is 12.6 Å². The molecule has 2 aromatic rings. The first-order chi connectivity index (χ1) is 9.95. The Morgan fingerprint density at radius 1 is 1.48 bits per heavy atom. The molecule has 1 atom stereocenters. The second-order valence-electron chi connectivity index (χ2n) is 5.16. The van der Waals surface area contributed by atoms with Gasteiger partial charge >= 0.3 is 11.7 Å². The van der Waals surface area contributed by atoms with Crippen LogP contribution in [0.2, 0.25) is 0 Å². The van der Waals surface area contributed by atoms with Crippen LogP contribution in [0.15, 0.2) is 16.8 Å². The molecule has 3 rings (SSSR count). The van der Waals surface area contributed by atoms with E-state index in [1.54, 1.807) is 11.8 Å². The van der Waals surface area contributed by atoms with E-state index in [9.17, 15) is 20.0 Å². The Balaban J connectivity index is 2.18. The molecule has 1 fully saturated rings. The van der Waals surface area contributed by atoms with Gasteiger partial charge < -0.3 is 10.0 Å². The number of carboxylic acids is 1. The fraction of sp³-hybridized carbons (Fsp3) is 0.417. The highest BCUT2D eigenvalue weighted by atomic mass is 16.6. The van der Waals surface area contributed by atoms with E-state index in [1.165, 1.54) is 12.1 Å². The van der Waals surface area contributed by atoms with Gasteiger partial charge in [0.1, 0.15) is 5.54 Å². The van der Waals surface area contributed by atoms with Gasteiger partial charge in [-0.05, 0) is 36.1 Å². The molecule has 0 spiro atoms. The fourth-order valence-electron chi connectivity index (χ4n) is 2.78. The second-order valence-corrected chi connectivity index (χ2v) is 5.16. The van der Waals surface area contributed by atoms with Crippen molar-refractivity contribution in [2.24, 2.45) is 0 Å². The van der Waals surface area contributed by atoms with Gasteiger partial charge in [0.15, 0.2) is 5.52 Å². The molecule has 1 unspecified atom stereocenters. The number of carbonyl (C=O) groups is 1. The highest BCUT2D eigenvalue weighted by molar-refractivity contribution is 5.96. The number of nitro groups is 1. The van der Waals surface area contributed by atoms with Gasteiger partial charge in [-0.2, -0.15) is 0 Å². The zero-order chi connectivity index (χ0) is 15.2. The van der Waals surface area contributed by atoms with Crippen molar-refractivity contribution in [2.45, 2.75) is 25.3 Å². The third kappa shape index (κ3) is 1.81. The van der Waals surface area contributed by atoms with Gasteiger partial charge in [-0.25, -0.2) is 9.42 Å². The molecular weight excluding hydrogens is 280 g/mol. The monoisotopic (exact) mass is 292 g/mol. The van der Waals surface area contributed by atoms with Crippen LogP contribution in [-0.4, -0.2) is 38.4 Å². The smallest absolute Gasteiger partial charge is 0.329 e. The summed E-state index contributed by atoms with van der Waals surface area (Å²) in [7, 11) is 0. The lowest BCUT2D eigenvalue weighted by Gasteiger charge is -2.32. The number of hydrogen-bond acceptors (Lipinski definition) is 7. The maximum Gasteiger partial charge on any atom is 0.329 e. The Bertz CT molecular complexity index is 742. The Morgan fingerprint density at radius 3 is 2.86 bits per heavy atom. The summed E-state index contributed by atoms with van der Waals surface area (Å²) in [6.07, 6.45) is 1.21. The first kappa shape index (κ1) is 13.3. The van der Waals surface area contributed by atoms with E-state index < -0.39 is 16.4 Å². The molecule has 1 N–H and O–H groups in total. The highest BCUT2D eigenvalue weighted by Gasteiger charge is 2.44. The van der Waals surface area contributed by atoms with Crippen molar-refractivity contribution in [3.8, 4) is 0 Å². The molecule has 9 heteroatoms. The van der Waals surface area contributed by atoms with Crippen LogP contribution in [0.1, 0.15) is 19.8 Å². The molecule has 110 valence electrons. The van der Waals surface area contributed by atoms with Crippen molar-refractivity contribution in [2.75, 3.05) is 11.4 Å². The maximum atomic E-state index is 11.5. The van der Waals surface area contributed by atoms with Crippen LogP contribution in [0.4, 0.5) is 11.4 Å². The van der Waals surface area contributed by atoms with Crippen LogP contribution in [0.25, 0.3) is 11.0 Å². The number of rotatable bonds is 3. The number of anilines is 1. The van der Waals surface area contributed by atoms with Crippen molar-refractivity contribution in [3.63, 3.8) is 0 Å². The number of aromatic nitrogens is 2. The van der Waals surface area contributed by atoms with Crippen molar-refractivity contribution in [3.05, 3.63) is 22.2 Å². The number of carboxylic acid groups (broad SMARTS) is 1. The maximum absolute atomic E-state index is 11.5. The first-order valence-electron chi connectivity index (χ1n) is 6.36. The van der Waals surface area contributed by atoms with Crippen LogP contribution in [-0.2, 0) is 4.79 Å². The standard InChI is InChI=1S/C12H12N4O5/c1-12(11(17)18)5-2-6-15(12)7-3-4-8(16(19)20)10-9(7)13-21-14-10/h3-4H,2,5-6H2,1H3,(H,17,18). The predicted molar refractivity (Wildman–Crippen MR) is 71.1 cm³/mol. The molecule has 1 aromatic heterocycles. The SMILES string of the molecule is CC1(C(=O)O)CCCN1c1ccc([N+](=O)[O-])c2nonc12. The third-order valence-electron chi connectivity index (χ3n) is 3.96. The molecule has 0 radical (unpaired) electrons. The lowest BCUT2D eigenvalue weighted by molar-refractivity contribution is -0.383. The number of hydrogen-bond donors (Lipinski definition) is 1. The fourth-order valence-corrected chi connectivity index (χ4v) is 2.78. The number of aliphatic carboxylic acids is 1. The van der Waals surface area contributed by atoms with Gasteiger partial charge in [0.25, 0.3) is 0 Å². The summed E-state index contributed by atoms with van der Waals surface area (Å²) >= 11 is 0. The zero-order valence-electron chi connectivity index (χ0n) is 11.1. The summed E-state index contributed by atoms with van der Waals surface area (Å²) in [5.41, 5.74) is -0.566. The molecule has 0 saturated carbocycles. The van der Waals surface area contributed by atoms with Gasteiger partial charge in [-0.1, -0.05) is 0 Å². The number of non-ortho nitro benzene ring substituents is 1. The molecule has 0 amide bonds.